The van der Waals surface area contributed by atoms with Gasteiger partial charge in [-0.05, 0) is 23.5 Å². The third kappa shape index (κ3) is 3.59. The molecule has 0 aliphatic carbocycles. The molecule has 16 heavy (non-hydrogen) atoms. The van der Waals surface area contributed by atoms with E-state index in [4.69, 9.17) is 4.55 Å². The number of aliphatic hydroxyl groups excluding tert-OH is 1. The first-order valence-corrected chi connectivity index (χ1v) is 6.54. The van der Waals surface area contributed by atoms with Crippen LogP contribution in [0.15, 0.2) is 24.3 Å². The molecule has 0 saturated carbocycles. The zero-order valence-corrected chi connectivity index (χ0v) is 10.1. The van der Waals surface area contributed by atoms with Crippen LogP contribution in [0.3, 0.4) is 0 Å². The Labute approximate surface area is 95.7 Å². The monoisotopic (exact) mass is 244 g/mol. The van der Waals surface area contributed by atoms with E-state index in [1.54, 1.807) is 12.1 Å². The molecular formula is C11H16O4S. The Balaban J connectivity index is 2.87. The molecule has 1 unspecified atom stereocenters. The lowest BCUT2D eigenvalue weighted by Gasteiger charge is -2.09. The summed E-state index contributed by atoms with van der Waals surface area (Å²) in [7, 11) is -4.44. The van der Waals surface area contributed by atoms with Crippen LogP contribution in [0.5, 0.6) is 0 Å². The lowest BCUT2D eigenvalue weighted by molar-refractivity contribution is 0.238. The van der Waals surface area contributed by atoms with Gasteiger partial charge >= 0.3 is 0 Å². The van der Waals surface area contributed by atoms with Crippen molar-refractivity contribution in [3.63, 3.8) is 0 Å². The van der Waals surface area contributed by atoms with Crippen molar-refractivity contribution in [1.29, 1.82) is 0 Å². The van der Waals surface area contributed by atoms with Crippen LogP contribution in [0, 0.1) is 5.92 Å². The largest absolute Gasteiger partial charge is 0.371 e. The van der Waals surface area contributed by atoms with Gasteiger partial charge in [-0.25, -0.2) is 0 Å². The molecule has 0 fully saturated rings. The van der Waals surface area contributed by atoms with Gasteiger partial charge in [-0.15, -0.1) is 0 Å². The fourth-order valence-electron chi connectivity index (χ4n) is 1.46. The van der Waals surface area contributed by atoms with Crippen molar-refractivity contribution in [3.8, 4) is 0 Å². The van der Waals surface area contributed by atoms with Crippen molar-refractivity contribution in [2.45, 2.75) is 25.7 Å². The van der Waals surface area contributed by atoms with E-state index in [-0.39, 0.29) is 5.56 Å². The normalized spacial score (nSPS) is 14.1. The topological polar surface area (TPSA) is 74.6 Å². The summed E-state index contributed by atoms with van der Waals surface area (Å²) in [6.45, 7) is 4.17. The van der Waals surface area contributed by atoms with E-state index >= 15 is 0 Å². The summed E-state index contributed by atoms with van der Waals surface area (Å²) in [6, 6.07) is 6.53. The molecule has 0 saturated heterocycles. The highest BCUT2D eigenvalue weighted by atomic mass is 32.2. The summed E-state index contributed by atoms with van der Waals surface area (Å²) in [6.07, 6.45) is 0.891. The minimum Gasteiger partial charge on any atom is -0.371 e. The number of rotatable bonds is 4. The molecule has 0 aliphatic heterocycles. The Kier molecular flexibility index (Phi) is 4.07. The lowest BCUT2D eigenvalue weighted by Crippen LogP contribution is -2.11. The molecule has 0 aromatic heterocycles. The fraction of sp³-hybridized carbons (Fsp3) is 0.455. The van der Waals surface area contributed by atoms with Gasteiger partial charge in [0, 0.05) is 0 Å². The molecule has 0 amide bonds. The van der Waals surface area contributed by atoms with Gasteiger partial charge in [-0.2, -0.15) is 8.42 Å². The minimum absolute atomic E-state index is 0.176. The Morgan fingerprint density at radius 3 is 2.06 bits per heavy atom. The minimum atomic E-state index is -4.44. The van der Waals surface area contributed by atoms with Gasteiger partial charge < -0.3 is 5.11 Å². The van der Waals surface area contributed by atoms with Gasteiger partial charge in [-0.3, -0.25) is 4.55 Å². The third-order valence-corrected chi connectivity index (χ3v) is 3.03. The number of aliphatic hydroxyl groups is 1. The van der Waals surface area contributed by atoms with Crippen LogP contribution in [-0.4, -0.2) is 18.1 Å². The first-order valence-electron chi connectivity index (χ1n) is 5.04. The Bertz CT molecular complexity index is 434. The van der Waals surface area contributed by atoms with Crippen LogP contribution in [0.4, 0.5) is 0 Å². The first kappa shape index (κ1) is 13.2. The number of hydrogen-bond acceptors (Lipinski definition) is 3. The van der Waals surface area contributed by atoms with Gasteiger partial charge in [0.05, 0.1) is 0 Å². The zero-order valence-electron chi connectivity index (χ0n) is 9.29. The molecule has 1 atom stereocenters. The predicted molar refractivity (Wildman–Crippen MR) is 61.5 cm³/mol. The average Bonchev–Trinajstić information content (AvgIpc) is 2.15. The molecule has 1 aromatic rings. The second kappa shape index (κ2) is 4.95. The standard InChI is InChI=1S/C11H16O4S/c1-8(2)7-9-3-5-10(6-4-9)11(12)16(13,14)15/h3-6,8,11-12H,7H2,1-2H3,(H,13,14,15). The zero-order chi connectivity index (χ0) is 12.3. The molecule has 0 spiro atoms. The van der Waals surface area contributed by atoms with Gasteiger partial charge in [0.1, 0.15) is 0 Å². The van der Waals surface area contributed by atoms with E-state index in [0.717, 1.165) is 12.0 Å². The van der Waals surface area contributed by atoms with Gasteiger partial charge in [0.2, 0.25) is 5.44 Å². The van der Waals surface area contributed by atoms with E-state index in [0.29, 0.717) is 5.92 Å². The van der Waals surface area contributed by atoms with Crippen molar-refractivity contribution < 1.29 is 18.1 Å². The molecule has 0 radical (unpaired) electrons. The maximum atomic E-state index is 10.7. The second-order valence-electron chi connectivity index (χ2n) is 4.21. The molecule has 0 aliphatic rings. The van der Waals surface area contributed by atoms with Crippen molar-refractivity contribution in [2.24, 2.45) is 5.92 Å². The second-order valence-corrected chi connectivity index (χ2v) is 5.68. The van der Waals surface area contributed by atoms with Crippen molar-refractivity contribution in [3.05, 3.63) is 35.4 Å². The summed E-state index contributed by atoms with van der Waals surface area (Å²) in [5, 5.41) is 9.29. The van der Waals surface area contributed by atoms with Crippen molar-refractivity contribution >= 4 is 10.1 Å². The molecule has 4 nitrogen and oxygen atoms in total. The average molecular weight is 244 g/mol. The highest BCUT2D eigenvalue weighted by Crippen LogP contribution is 2.19. The van der Waals surface area contributed by atoms with Crippen LogP contribution in [0.1, 0.15) is 30.4 Å². The molecule has 5 heteroatoms. The van der Waals surface area contributed by atoms with Crippen LogP contribution < -0.4 is 0 Å². The lowest BCUT2D eigenvalue weighted by atomic mass is 10.0. The van der Waals surface area contributed by atoms with E-state index in [9.17, 15) is 13.5 Å². The quantitative estimate of drug-likeness (QED) is 0.791. The van der Waals surface area contributed by atoms with Crippen LogP contribution >= 0.6 is 0 Å². The smallest absolute Gasteiger partial charge is 0.296 e. The third-order valence-electron chi connectivity index (χ3n) is 2.19. The van der Waals surface area contributed by atoms with E-state index in [1.807, 2.05) is 0 Å². The van der Waals surface area contributed by atoms with E-state index in [1.165, 1.54) is 12.1 Å². The summed E-state index contributed by atoms with van der Waals surface area (Å²) in [5.74, 6) is 0.511. The molecule has 1 aromatic carbocycles. The Morgan fingerprint density at radius 2 is 1.69 bits per heavy atom. The molecule has 90 valence electrons. The van der Waals surface area contributed by atoms with Gasteiger partial charge in [-0.1, -0.05) is 38.1 Å². The van der Waals surface area contributed by atoms with Gasteiger partial charge in [0.15, 0.2) is 0 Å². The van der Waals surface area contributed by atoms with Gasteiger partial charge in [0.25, 0.3) is 10.1 Å². The SMILES string of the molecule is CC(C)Cc1ccc(C(O)S(=O)(=O)O)cc1. The number of hydrogen-bond donors (Lipinski definition) is 2. The molecule has 2 N–H and O–H groups in total. The Hall–Kier alpha value is -0.910. The first-order chi connectivity index (χ1) is 7.30. The van der Waals surface area contributed by atoms with E-state index in [2.05, 4.69) is 13.8 Å². The molecule has 0 heterocycles. The summed E-state index contributed by atoms with van der Waals surface area (Å²) < 4.78 is 30.1. The molecule has 1 rings (SSSR count). The summed E-state index contributed by atoms with van der Waals surface area (Å²) in [4.78, 5) is 0. The maximum absolute atomic E-state index is 10.7. The Morgan fingerprint density at radius 1 is 1.19 bits per heavy atom. The number of benzene rings is 1. The highest BCUT2D eigenvalue weighted by Gasteiger charge is 2.21. The molecule has 0 bridgehead atoms. The van der Waals surface area contributed by atoms with Crippen molar-refractivity contribution in [1.82, 2.24) is 0 Å². The highest BCUT2D eigenvalue weighted by molar-refractivity contribution is 7.85. The van der Waals surface area contributed by atoms with Crippen LogP contribution in [-0.2, 0) is 16.5 Å². The fourth-order valence-corrected chi connectivity index (χ4v) is 1.96. The summed E-state index contributed by atoms with van der Waals surface area (Å²) in [5.41, 5.74) is -0.614. The summed E-state index contributed by atoms with van der Waals surface area (Å²) >= 11 is 0. The molecular weight excluding hydrogens is 228 g/mol. The van der Waals surface area contributed by atoms with Crippen LogP contribution in [0.2, 0.25) is 0 Å². The van der Waals surface area contributed by atoms with E-state index < -0.39 is 15.6 Å². The van der Waals surface area contributed by atoms with Crippen LogP contribution in [0.25, 0.3) is 0 Å². The maximum Gasteiger partial charge on any atom is 0.296 e. The van der Waals surface area contributed by atoms with Crippen molar-refractivity contribution in [2.75, 3.05) is 0 Å². The predicted octanol–water partition coefficient (Wildman–Crippen LogP) is 1.76.